The first-order valence-electron chi connectivity index (χ1n) is 7.17. The van der Waals surface area contributed by atoms with Crippen LogP contribution in [0.15, 0.2) is 18.3 Å². The van der Waals surface area contributed by atoms with Gasteiger partial charge in [0.15, 0.2) is 0 Å². The molecule has 1 fully saturated rings. The van der Waals surface area contributed by atoms with E-state index in [9.17, 15) is 9.59 Å². The highest BCUT2D eigenvalue weighted by atomic mass is 16.4. The summed E-state index contributed by atoms with van der Waals surface area (Å²) in [7, 11) is 0. The van der Waals surface area contributed by atoms with E-state index in [1.54, 1.807) is 19.2 Å². The highest BCUT2D eigenvalue weighted by molar-refractivity contribution is 5.91. The predicted molar refractivity (Wildman–Crippen MR) is 79.0 cm³/mol. The van der Waals surface area contributed by atoms with Crippen LogP contribution in [0.4, 0.5) is 5.82 Å². The quantitative estimate of drug-likeness (QED) is 0.878. The van der Waals surface area contributed by atoms with Crippen molar-refractivity contribution in [2.75, 3.05) is 18.4 Å². The van der Waals surface area contributed by atoms with E-state index in [2.05, 4.69) is 10.3 Å². The van der Waals surface area contributed by atoms with Crippen LogP contribution in [0.2, 0.25) is 0 Å². The number of carbonyl (C=O) groups excluding carboxylic acids is 1. The fraction of sp³-hybridized carbons (Fsp3) is 0.533. The normalized spacial score (nSPS) is 20.8. The summed E-state index contributed by atoms with van der Waals surface area (Å²) in [6.07, 6.45) is 3.31. The molecule has 1 aliphatic rings. The molecule has 1 aromatic heterocycles. The minimum atomic E-state index is -0.851. The molecule has 1 amide bonds. The van der Waals surface area contributed by atoms with Gasteiger partial charge in [0.05, 0.1) is 5.92 Å². The number of anilines is 1. The van der Waals surface area contributed by atoms with E-state index in [-0.39, 0.29) is 11.8 Å². The number of nitrogens with zero attached hydrogens (tertiary/aromatic N) is 2. The SMILES string of the molecule is Cc1ccc(NC(=O)C2CCCN(C(C)C(=O)O)C2)nc1. The van der Waals surface area contributed by atoms with Gasteiger partial charge in [0.1, 0.15) is 11.9 Å². The van der Waals surface area contributed by atoms with Crippen molar-refractivity contribution in [3.05, 3.63) is 23.9 Å². The molecule has 1 aliphatic heterocycles. The molecule has 6 nitrogen and oxygen atoms in total. The number of hydrogen-bond donors (Lipinski definition) is 2. The molecule has 2 rings (SSSR count). The Labute approximate surface area is 124 Å². The third-order valence-corrected chi connectivity index (χ3v) is 3.89. The monoisotopic (exact) mass is 291 g/mol. The average Bonchev–Trinajstić information content (AvgIpc) is 2.48. The lowest BCUT2D eigenvalue weighted by Gasteiger charge is -2.34. The summed E-state index contributed by atoms with van der Waals surface area (Å²) < 4.78 is 0. The summed E-state index contributed by atoms with van der Waals surface area (Å²) in [5, 5.41) is 11.9. The molecule has 0 spiro atoms. The summed E-state index contributed by atoms with van der Waals surface area (Å²) in [6, 6.07) is 3.11. The molecule has 0 aromatic carbocycles. The zero-order valence-electron chi connectivity index (χ0n) is 12.4. The van der Waals surface area contributed by atoms with E-state index < -0.39 is 12.0 Å². The Morgan fingerprint density at radius 3 is 2.86 bits per heavy atom. The summed E-state index contributed by atoms with van der Waals surface area (Å²) in [5.41, 5.74) is 1.03. The van der Waals surface area contributed by atoms with Gasteiger partial charge < -0.3 is 10.4 Å². The molecule has 6 heteroatoms. The second kappa shape index (κ2) is 6.67. The number of aryl methyl sites for hydroxylation is 1. The first-order valence-corrected chi connectivity index (χ1v) is 7.17. The van der Waals surface area contributed by atoms with Gasteiger partial charge >= 0.3 is 5.97 Å². The molecule has 0 aliphatic carbocycles. The molecule has 1 saturated heterocycles. The number of carbonyl (C=O) groups is 2. The van der Waals surface area contributed by atoms with Crippen molar-refractivity contribution in [2.24, 2.45) is 5.92 Å². The fourth-order valence-corrected chi connectivity index (χ4v) is 2.50. The van der Waals surface area contributed by atoms with Crippen molar-refractivity contribution in [3.63, 3.8) is 0 Å². The lowest BCUT2D eigenvalue weighted by Crippen LogP contribution is -2.47. The number of pyridine rings is 1. The van der Waals surface area contributed by atoms with E-state index in [0.717, 1.165) is 24.9 Å². The molecule has 21 heavy (non-hydrogen) atoms. The van der Waals surface area contributed by atoms with E-state index in [0.29, 0.717) is 12.4 Å². The number of carboxylic acids is 1. The van der Waals surface area contributed by atoms with Gasteiger partial charge in [-0.25, -0.2) is 4.98 Å². The Bertz CT molecular complexity index is 515. The average molecular weight is 291 g/mol. The van der Waals surface area contributed by atoms with Crippen molar-refractivity contribution in [1.29, 1.82) is 0 Å². The highest BCUT2D eigenvalue weighted by Crippen LogP contribution is 2.20. The molecule has 1 aromatic rings. The summed E-state index contributed by atoms with van der Waals surface area (Å²) >= 11 is 0. The molecule has 2 unspecified atom stereocenters. The van der Waals surface area contributed by atoms with E-state index in [1.807, 2.05) is 17.9 Å². The Hall–Kier alpha value is -1.95. The van der Waals surface area contributed by atoms with Crippen LogP contribution in [0.1, 0.15) is 25.3 Å². The van der Waals surface area contributed by atoms with Gasteiger partial charge in [0.2, 0.25) is 5.91 Å². The Kier molecular flexibility index (Phi) is 4.90. The summed E-state index contributed by atoms with van der Waals surface area (Å²) in [4.78, 5) is 29.3. The van der Waals surface area contributed by atoms with Crippen LogP contribution in [-0.4, -0.2) is 46.0 Å². The molecule has 0 saturated carbocycles. The molecule has 114 valence electrons. The number of rotatable bonds is 4. The molecule has 0 bridgehead atoms. The second-order valence-electron chi connectivity index (χ2n) is 5.56. The van der Waals surface area contributed by atoms with Gasteiger partial charge in [-0.3, -0.25) is 14.5 Å². The fourth-order valence-electron chi connectivity index (χ4n) is 2.50. The Morgan fingerprint density at radius 2 is 2.24 bits per heavy atom. The zero-order chi connectivity index (χ0) is 15.4. The number of piperidine rings is 1. The van der Waals surface area contributed by atoms with Gasteiger partial charge in [0.25, 0.3) is 0 Å². The highest BCUT2D eigenvalue weighted by Gasteiger charge is 2.30. The maximum absolute atomic E-state index is 12.3. The van der Waals surface area contributed by atoms with Crippen LogP contribution in [0.25, 0.3) is 0 Å². The molecule has 2 heterocycles. The second-order valence-corrected chi connectivity index (χ2v) is 5.56. The topological polar surface area (TPSA) is 82.5 Å². The van der Waals surface area contributed by atoms with Gasteiger partial charge in [0, 0.05) is 12.7 Å². The van der Waals surface area contributed by atoms with E-state index in [4.69, 9.17) is 5.11 Å². The summed E-state index contributed by atoms with van der Waals surface area (Å²) in [5.74, 6) is -0.595. The van der Waals surface area contributed by atoms with Gasteiger partial charge in [-0.1, -0.05) is 6.07 Å². The van der Waals surface area contributed by atoms with Crippen LogP contribution in [0.5, 0.6) is 0 Å². The molecule has 2 atom stereocenters. The minimum Gasteiger partial charge on any atom is -0.480 e. The number of aliphatic carboxylic acids is 1. The lowest BCUT2D eigenvalue weighted by molar-refractivity contribution is -0.144. The predicted octanol–water partition coefficient (Wildman–Crippen LogP) is 1.51. The van der Waals surface area contributed by atoms with Crippen LogP contribution in [0, 0.1) is 12.8 Å². The number of likely N-dealkylation sites (tertiary alicyclic amines) is 1. The third kappa shape index (κ3) is 4.01. The van der Waals surface area contributed by atoms with Crippen LogP contribution >= 0.6 is 0 Å². The number of nitrogens with one attached hydrogen (secondary N) is 1. The van der Waals surface area contributed by atoms with E-state index in [1.165, 1.54) is 0 Å². The van der Waals surface area contributed by atoms with Crippen LogP contribution < -0.4 is 5.32 Å². The number of hydrogen-bond acceptors (Lipinski definition) is 4. The van der Waals surface area contributed by atoms with Gasteiger partial charge in [-0.15, -0.1) is 0 Å². The number of amides is 1. The van der Waals surface area contributed by atoms with Crippen molar-refractivity contribution in [1.82, 2.24) is 9.88 Å². The molecule has 0 radical (unpaired) electrons. The Balaban J connectivity index is 1.95. The molecule has 2 N–H and O–H groups in total. The van der Waals surface area contributed by atoms with Crippen molar-refractivity contribution >= 4 is 17.7 Å². The smallest absolute Gasteiger partial charge is 0.320 e. The lowest BCUT2D eigenvalue weighted by atomic mass is 9.96. The zero-order valence-corrected chi connectivity index (χ0v) is 12.4. The first kappa shape index (κ1) is 15.4. The van der Waals surface area contributed by atoms with Crippen molar-refractivity contribution < 1.29 is 14.7 Å². The third-order valence-electron chi connectivity index (χ3n) is 3.89. The van der Waals surface area contributed by atoms with Crippen molar-refractivity contribution in [3.8, 4) is 0 Å². The minimum absolute atomic E-state index is 0.0892. The Morgan fingerprint density at radius 1 is 1.48 bits per heavy atom. The maximum Gasteiger partial charge on any atom is 0.320 e. The van der Waals surface area contributed by atoms with E-state index >= 15 is 0 Å². The number of carboxylic acid groups (broad SMARTS) is 1. The van der Waals surface area contributed by atoms with Crippen LogP contribution in [-0.2, 0) is 9.59 Å². The van der Waals surface area contributed by atoms with Crippen molar-refractivity contribution in [2.45, 2.75) is 32.7 Å². The largest absolute Gasteiger partial charge is 0.480 e. The summed E-state index contributed by atoms with van der Waals surface area (Å²) in [6.45, 7) is 4.79. The molecular formula is C15H21N3O3. The van der Waals surface area contributed by atoms with Gasteiger partial charge in [-0.05, 0) is 44.9 Å². The molecular weight excluding hydrogens is 270 g/mol. The van der Waals surface area contributed by atoms with Crippen LogP contribution in [0.3, 0.4) is 0 Å². The number of aromatic nitrogens is 1. The maximum atomic E-state index is 12.3. The van der Waals surface area contributed by atoms with Gasteiger partial charge in [-0.2, -0.15) is 0 Å². The first-order chi connectivity index (χ1) is 9.97. The standard InChI is InChI=1S/C15H21N3O3/c1-10-5-6-13(16-8-10)17-14(19)12-4-3-7-18(9-12)11(2)15(20)21/h5-6,8,11-12H,3-4,7,9H2,1-2H3,(H,20,21)(H,16,17,19).